The third-order valence-electron chi connectivity index (χ3n) is 4.09. The van der Waals surface area contributed by atoms with Gasteiger partial charge in [0.25, 0.3) is 0 Å². The Balaban J connectivity index is 1.81. The van der Waals surface area contributed by atoms with Crippen LogP contribution in [-0.4, -0.2) is 4.98 Å². The Morgan fingerprint density at radius 2 is 2.05 bits per heavy atom. The minimum absolute atomic E-state index is 0.193. The van der Waals surface area contributed by atoms with Crippen LogP contribution < -0.4 is 11.3 Å². The molecule has 3 rings (SSSR count). The zero-order valence-corrected chi connectivity index (χ0v) is 11.1. The number of aromatic nitrogens is 1. The zero-order chi connectivity index (χ0) is 13.2. The molecule has 1 aliphatic rings. The van der Waals surface area contributed by atoms with Crippen molar-refractivity contribution in [1.29, 1.82) is 0 Å². The largest absolute Gasteiger partial charge is 0.271 e. The van der Waals surface area contributed by atoms with Crippen LogP contribution in [-0.2, 0) is 0 Å². The number of aryl methyl sites for hydroxylation is 1. The zero-order valence-electron chi connectivity index (χ0n) is 11.1. The van der Waals surface area contributed by atoms with E-state index in [9.17, 15) is 0 Å². The highest BCUT2D eigenvalue weighted by Crippen LogP contribution is 2.53. The molecular formula is C16H19N3. The fourth-order valence-electron chi connectivity index (χ4n) is 2.91. The van der Waals surface area contributed by atoms with E-state index in [0.29, 0.717) is 11.8 Å². The van der Waals surface area contributed by atoms with Gasteiger partial charge in [-0.05, 0) is 47.9 Å². The molecule has 0 bridgehead atoms. The first-order valence-electron chi connectivity index (χ1n) is 6.73. The maximum Gasteiger partial charge on any atom is 0.0512 e. The van der Waals surface area contributed by atoms with Gasteiger partial charge in [-0.1, -0.05) is 30.3 Å². The molecular weight excluding hydrogens is 234 g/mol. The summed E-state index contributed by atoms with van der Waals surface area (Å²) >= 11 is 0. The number of benzene rings is 1. The van der Waals surface area contributed by atoms with Crippen LogP contribution in [0.5, 0.6) is 0 Å². The molecule has 0 saturated heterocycles. The van der Waals surface area contributed by atoms with Gasteiger partial charge in [-0.25, -0.2) is 0 Å². The molecule has 1 saturated carbocycles. The maximum absolute atomic E-state index is 5.78. The standard InChI is InChI=1S/C16H19N3/c1-11-7-8-18-10-15(11)16(19-17)14-9-13(14)12-5-3-2-4-6-12/h2-8,10,13-14,16,19H,9,17H2,1H3. The van der Waals surface area contributed by atoms with Crippen LogP contribution in [0.4, 0.5) is 0 Å². The molecule has 3 unspecified atom stereocenters. The predicted molar refractivity (Wildman–Crippen MR) is 76.3 cm³/mol. The normalized spacial score (nSPS) is 23.1. The molecule has 98 valence electrons. The second-order valence-electron chi connectivity index (χ2n) is 5.29. The average molecular weight is 253 g/mol. The smallest absolute Gasteiger partial charge is 0.0512 e. The highest BCUT2D eigenvalue weighted by Gasteiger charge is 2.44. The lowest BCUT2D eigenvalue weighted by molar-refractivity contribution is 0.484. The Bertz CT molecular complexity index is 553. The number of nitrogens with zero attached hydrogens (tertiary/aromatic N) is 1. The Hall–Kier alpha value is -1.71. The van der Waals surface area contributed by atoms with E-state index in [-0.39, 0.29) is 6.04 Å². The molecule has 19 heavy (non-hydrogen) atoms. The van der Waals surface area contributed by atoms with E-state index in [0.717, 1.165) is 0 Å². The van der Waals surface area contributed by atoms with E-state index in [2.05, 4.69) is 47.7 Å². The molecule has 1 aromatic carbocycles. The quantitative estimate of drug-likeness (QED) is 0.650. The van der Waals surface area contributed by atoms with Crippen molar-refractivity contribution < 1.29 is 0 Å². The van der Waals surface area contributed by atoms with E-state index in [1.165, 1.54) is 23.1 Å². The summed E-state index contributed by atoms with van der Waals surface area (Å²) in [5.41, 5.74) is 6.86. The maximum atomic E-state index is 5.78. The average Bonchev–Trinajstić information content (AvgIpc) is 3.23. The first kappa shape index (κ1) is 12.3. The third kappa shape index (κ3) is 2.39. The fraction of sp³-hybridized carbons (Fsp3) is 0.312. The summed E-state index contributed by atoms with van der Waals surface area (Å²) in [5.74, 6) is 6.96. The van der Waals surface area contributed by atoms with Crippen LogP contribution >= 0.6 is 0 Å². The summed E-state index contributed by atoms with van der Waals surface area (Å²) in [7, 11) is 0. The highest BCUT2D eigenvalue weighted by atomic mass is 15.2. The second-order valence-corrected chi connectivity index (χ2v) is 5.29. The third-order valence-corrected chi connectivity index (χ3v) is 4.09. The molecule has 1 aromatic heterocycles. The minimum Gasteiger partial charge on any atom is -0.271 e. The van der Waals surface area contributed by atoms with Crippen LogP contribution in [0.2, 0.25) is 0 Å². The molecule has 1 fully saturated rings. The van der Waals surface area contributed by atoms with Gasteiger partial charge in [0, 0.05) is 12.4 Å². The Kier molecular flexibility index (Phi) is 3.32. The van der Waals surface area contributed by atoms with Crippen LogP contribution in [0.15, 0.2) is 48.8 Å². The number of nitrogens with two attached hydrogens (primary N) is 1. The lowest BCUT2D eigenvalue weighted by Crippen LogP contribution is -2.30. The van der Waals surface area contributed by atoms with Crippen LogP contribution in [0.25, 0.3) is 0 Å². The molecule has 0 aliphatic heterocycles. The molecule has 3 atom stereocenters. The van der Waals surface area contributed by atoms with Gasteiger partial charge >= 0.3 is 0 Å². The van der Waals surface area contributed by atoms with Gasteiger partial charge in [-0.3, -0.25) is 16.3 Å². The SMILES string of the molecule is Cc1ccncc1C(NN)C1CC1c1ccccc1. The summed E-state index contributed by atoms with van der Waals surface area (Å²) in [5, 5.41) is 0. The topological polar surface area (TPSA) is 50.9 Å². The summed E-state index contributed by atoms with van der Waals surface area (Å²) in [4.78, 5) is 4.23. The van der Waals surface area contributed by atoms with Gasteiger partial charge < -0.3 is 0 Å². The first-order chi connectivity index (χ1) is 9.31. The van der Waals surface area contributed by atoms with Crippen molar-refractivity contribution in [2.45, 2.75) is 25.3 Å². The molecule has 1 heterocycles. The number of rotatable bonds is 4. The van der Waals surface area contributed by atoms with Gasteiger partial charge in [0.2, 0.25) is 0 Å². The lowest BCUT2D eigenvalue weighted by atomic mass is 9.97. The Morgan fingerprint density at radius 3 is 2.74 bits per heavy atom. The number of pyridine rings is 1. The van der Waals surface area contributed by atoms with Crippen molar-refractivity contribution in [3.8, 4) is 0 Å². The molecule has 0 spiro atoms. The molecule has 3 nitrogen and oxygen atoms in total. The van der Waals surface area contributed by atoms with E-state index in [1.54, 1.807) is 0 Å². The summed E-state index contributed by atoms with van der Waals surface area (Å²) < 4.78 is 0. The molecule has 0 radical (unpaired) electrons. The van der Waals surface area contributed by atoms with E-state index >= 15 is 0 Å². The molecule has 2 aromatic rings. The molecule has 1 aliphatic carbocycles. The van der Waals surface area contributed by atoms with Crippen molar-refractivity contribution in [3.05, 3.63) is 65.5 Å². The summed E-state index contributed by atoms with van der Waals surface area (Å²) in [6.45, 7) is 2.11. The van der Waals surface area contributed by atoms with Crippen molar-refractivity contribution in [2.24, 2.45) is 11.8 Å². The van der Waals surface area contributed by atoms with Crippen LogP contribution in [0.3, 0.4) is 0 Å². The lowest BCUT2D eigenvalue weighted by Gasteiger charge is -2.18. The fourth-order valence-corrected chi connectivity index (χ4v) is 2.91. The highest BCUT2D eigenvalue weighted by molar-refractivity contribution is 5.32. The van der Waals surface area contributed by atoms with Gasteiger partial charge in [0.15, 0.2) is 0 Å². The van der Waals surface area contributed by atoms with Gasteiger partial charge in [-0.15, -0.1) is 0 Å². The van der Waals surface area contributed by atoms with Crippen molar-refractivity contribution in [1.82, 2.24) is 10.4 Å². The van der Waals surface area contributed by atoms with Gasteiger partial charge in [-0.2, -0.15) is 0 Å². The van der Waals surface area contributed by atoms with E-state index in [4.69, 9.17) is 5.84 Å². The minimum atomic E-state index is 0.193. The van der Waals surface area contributed by atoms with Crippen LogP contribution in [0.1, 0.15) is 35.1 Å². The molecule has 3 N–H and O–H groups in total. The Morgan fingerprint density at radius 1 is 1.26 bits per heavy atom. The van der Waals surface area contributed by atoms with Gasteiger partial charge in [0.05, 0.1) is 6.04 Å². The summed E-state index contributed by atoms with van der Waals surface area (Å²) in [6.07, 6.45) is 4.95. The van der Waals surface area contributed by atoms with E-state index in [1.807, 2.05) is 18.5 Å². The molecule has 0 amide bonds. The number of nitrogens with one attached hydrogen (secondary N) is 1. The van der Waals surface area contributed by atoms with Crippen molar-refractivity contribution in [3.63, 3.8) is 0 Å². The number of hydrogen-bond acceptors (Lipinski definition) is 3. The first-order valence-corrected chi connectivity index (χ1v) is 6.73. The number of hydrazine groups is 1. The van der Waals surface area contributed by atoms with E-state index < -0.39 is 0 Å². The van der Waals surface area contributed by atoms with Crippen LogP contribution in [0, 0.1) is 12.8 Å². The van der Waals surface area contributed by atoms with Gasteiger partial charge in [0.1, 0.15) is 0 Å². The Labute approximate surface area is 113 Å². The predicted octanol–water partition coefficient (Wildman–Crippen LogP) is 2.70. The second kappa shape index (κ2) is 5.11. The molecule has 3 heteroatoms. The summed E-state index contributed by atoms with van der Waals surface area (Å²) in [6, 6.07) is 12.9. The number of hydrogen-bond donors (Lipinski definition) is 2. The van der Waals surface area contributed by atoms with Crippen molar-refractivity contribution >= 4 is 0 Å². The van der Waals surface area contributed by atoms with Crippen molar-refractivity contribution in [2.75, 3.05) is 0 Å². The monoisotopic (exact) mass is 253 g/mol.